The molecule has 2 unspecified atom stereocenters. The molecule has 0 saturated carbocycles. The molecular formula is C19H35NO. The second kappa shape index (κ2) is 6.16. The van der Waals surface area contributed by atoms with E-state index in [4.69, 9.17) is 4.74 Å². The van der Waals surface area contributed by atoms with E-state index in [1.807, 2.05) is 7.11 Å². The van der Waals surface area contributed by atoms with Crippen LogP contribution in [-0.4, -0.2) is 20.2 Å². The third-order valence-corrected chi connectivity index (χ3v) is 4.48. The van der Waals surface area contributed by atoms with Crippen LogP contribution in [-0.2, 0) is 4.74 Å². The standard InChI is InChI=1S/C19H35NO/c1-14-10-11-15(18(5,6)7)16(21-9)19(14,8)13-20-12-17(2,3)4/h10-11,14,20H,12-13H2,1-9H3. The highest BCUT2D eigenvalue weighted by Gasteiger charge is 2.41. The largest absolute Gasteiger partial charge is 0.500 e. The first-order chi connectivity index (χ1) is 9.42. The Kier molecular flexibility index (Phi) is 5.36. The minimum atomic E-state index is 0.0113. The van der Waals surface area contributed by atoms with Gasteiger partial charge in [-0.25, -0.2) is 0 Å². The summed E-state index contributed by atoms with van der Waals surface area (Å²) in [4.78, 5) is 0. The average Bonchev–Trinajstić information content (AvgIpc) is 2.29. The van der Waals surface area contributed by atoms with Crippen molar-refractivity contribution in [3.63, 3.8) is 0 Å². The Morgan fingerprint density at radius 3 is 2.19 bits per heavy atom. The lowest BCUT2D eigenvalue weighted by molar-refractivity contribution is 0.130. The number of allylic oxidation sites excluding steroid dienone is 3. The number of rotatable bonds is 4. The molecule has 1 aliphatic rings. The van der Waals surface area contributed by atoms with E-state index in [1.165, 1.54) is 5.57 Å². The van der Waals surface area contributed by atoms with Gasteiger partial charge < -0.3 is 10.1 Å². The first-order valence-corrected chi connectivity index (χ1v) is 8.10. The number of hydrogen-bond acceptors (Lipinski definition) is 2. The molecule has 122 valence electrons. The summed E-state index contributed by atoms with van der Waals surface area (Å²) < 4.78 is 5.89. The van der Waals surface area contributed by atoms with E-state index in [9.17, 15) is 0 Å². The lowest BCUT2D eigenvalue weighted by atomic mass is 9.67. The first-order valence-electron chi connectivity index (χ1n) is 8.10. The van der Waals surface area contributed by atoms with Crippen molar-refractivity contribution in [1.29, 1.82) is 0 Å². The Bertz CT molecular complexity index is 420. The van der Waals surface area contributed by atoms with Gasteiger partial charge in [-0.1, -0.05) is 67.5 Å². The SMILES string of the molecule is COC1=C(C(C)(C)C)C=CC(C)C1(C)CNCC(C)(C)C. The number of hydrogen-bond donors (Lipinski definition) is 1. The third kappa shape index (κ3) is 4.35. The van der Waals surface area contributed by atoms with Gasteiger partial charge in [0.25, 0.3) is 0 Å². The molecule has 1 rings (SSSR count). The highest BCUT2D eigenvalue weighted by molar-refractivity contribution is 5.37. The van der Waals surface area contributed by atoms with Crippen molar-refractivity contribution < 1.29 is 4.74 Å². The lowest BCUT2D eigenvalue weighted by Crippen LogP contribution is -2.43. The van der Waals surface area contributed by atoms with E-state index in [-0.39, 0.29) is 10.8 Å². The van der Waals surface area contributed by atoms with Gasteiger partial charge in [-0.2, -0.15) is 0 Å². The lowest BCUT2D eigenvalue weighted by Gasteiger charge is -2.42. The van der Waals surface area contributed by atoms with E-state index in [1.54, 1.807) is 0 Å². The summed E-state index contributed by atoms with van der Waals surface area (Å²) in [7, 11) is 1.81. The molecule has 2 nitrogen and oxygen atoms in total. The fourth-order valence-electron chi connectivity index (χ4n) is 2.92. The summed E-state index contributed by atoms with van der Waals surface area (Å²) in [5.41, 5.74) is 1.74. The van der Waals surface area contributed by atoms with Crippen LogP contribution in [0.15, 0.2) is 23.5 Å². The van der Waals surface area contributed by atoms with Gasteiger partial charge in [0.05, 0.1) is 7.11 Å². The average molecular weight is 293 g/mol. The van der Waals surface area contributed by atoms with E-state index in [0.29, 0.717) is 11.3 Å². The van der Waals surface area contributed by atoms with Crippen LogP contribution in [0, 0.1) is 22.2 Å². The quantitative estimate of drug-likeness (QED) is 0.805. The number of methoxy groups -OCH3 is 1. The van der Waals surface area contributed by atoms with Crippen molar-refractivity contribution in [2.75, 3.05) is 20.2 Å². The van der Waals surface area contributed by atoms with Crippen LogP contribution in [0.2, 0.25) is 0 Å². The molecule has 0 radical (unpaired) electrons. The molecule has 0 amide bonds. The maximum absolute atomic E-state index is 5.89. The minimum absolute atomic E-state index is 0.0113. The van der Waals surface area contributed by atoms with Crippen LogP contribution < -0.4 is 5.32 Å². The van der Waals surface area contributed by atoms with Gasteiger partial charge in [-0.15, -0.1) is 0 Å². The molecule has 0 aromatic heterocycles. The smallest absolute Gasteiger partial charge is 0.107 e. The molecule has 2 atom stereocenters. The summed E-state index contributed by atoms with van der Waals surface area (Å²) >= 11 is 0. The zero-order valence-electron chi connectivity index (χ0n) is 15.6. The molecule has 0 aromatic carbocycles. The molecule has 0 spiro atoms. The van der Waals surface area contributed by atoms with Crippen molar-refractivity contribution in [3.8, 4) is 0 Å². The van der Waals surface area contributed by atoms with E-state index < -0.39 is 0 Å². The Balaban J connectivity index is 3.06. The molecule has 0 saturated heterocycles. The van der Waals surface area contributed by atoms with Crippen LogP contribution in [0.5, 0.6) is 0 Å². The van der Waals surface area contributed by atoms with Crippen molar-refractivity contribution >= 4 is 0 Å². The van der Waals surface area contributed by atoms with Gasteiger partial charge in [-0.3, -0.25) is 0 Å². The molecule has 0 fully saturated rings. The third-order valence-electron chi connectivity index (χ3n) is 4.48. The molecule has 0 aromatic rings. The van der Waals surface area contributed by atoms with Crippen molar-refractivity contribution in [3.05, 3.63) is 23.5 Å². The van der Waals surface area contributed by atoms with Crippen molar-refractivity contribution in [2.45, 2.75) is 55.4 Å². The van der Waals surface area contributed by atoms with Gasteiger partial charge in [0.1, 0.15) is 5.76 Å². The fraction of sp³-hybridized carbons (Fsp3) is 0.789. The predicted molar refractivity (Wildman–Crippen MR) is 92.2 cm³/mol. The normalized spacial score (nSPS) is 27.2. The van der Waals surface area contributed by atoms with Gasteiger partial charge in [0, 0.05) is 18.5 Å². The summed E-state index contributed by atoms with van der Waals surface area (Å²) in [6.45, 7) is 20.1. The second-order valence-corrected chi connectivity index (χ2v) is 8.93. The fourth-order valence-corrected chi connectivity index (χ4v) is 2.92. The minimum Gasteiger partial charge on any atom is -0.500 e. The topological polar surface area (TPSA) is 21.3 Å². The zero-order valence-corrected chi connectivity index (χ0v) is 15.6. The number of ether oxygens (including phenoxy) is 1. The van der Waals surface area contributed by atoms with E-state index in [2.05, 4.69) is 72.9 Å². The van der Waals surface area contributed by atoms with E-state index in [0.717, 1.165) is 18.8 Å². The van der Waals surface area contributed by atoms with Gasteiger partial charge in [0.2, 0.25) is 0 Å². The molecule has 1 N–H and O–H groups in total. The van der Waals surface area contributed by atoms with Crippen LogP contribution in [0.1, 0.15) is 55.4 Å². The zero-order chi connectivity index (χ0) is 16.5. The summed E-state index contributed by atoms with van der Waals surface area (Å²) in [5, 5.41) is 3.65. The van der Waals surface area contributed by atoms with Crippen LogP contribution in [0.25, 0.3) is 0 Å². The molecule has 1 aliphatic carbocycles. The van der Waals surface area contributed by atoms with Crippen LogP contribution in [0.3, 0.4) is 0 Å². The Hall–Kier alpha value is -0.760. The predicted octanol–water partition coefficient (Wildman–Crippen LogP) is 4.78. The Morgan fingerprint density at radius 1 is 1.19 bits per heavy atom. The first kappa shape index (κ1) is 18.3. The molecule has 0 bridgehead atoms. The van der Waals surface area contributed by atoms with Gasteiger partial charge in [-0.05, 0) is 22.3 Å². The Labute approximate surface area is 132 Å². The maximum atomic E-state index is 5.89. The van der Waals surface area contributed by atoms with Crippen LogP contribution >= 0.6 is 0 Å². The Morgan fingerprint density at radius 2 is 1.76 bits per heavy atom. The number of nitrogens with one attached hydrogen (secondary N) is 1. The van der Waals surface area contributed by atoms with Crippen molar-refractivity contribution in [1.82, 2.24) is 5.32 Å². The monoisotopic (exact) mass is 293 g/mol. The van der Waals surface area contributed by atoms with Gasteiger partial charge >= 0.3 is 0 Å². The van der Waals surface area contributed by atoms with Gasteiger partial charge in [0.15, 0.2) is 0 Å². The highest BCUT2D eigenvalue weighted by atomic mass is 16.5. The van der Waals surface area contributed by atoms with E-state index >= 15 is 0 Å². The molecule has 21 heavy (non-hydrogen) atoms. The second-order valence-electron chi connectivity index (χ2n) is 8.93. The summed E-state index contributed by atoms with van der Waals surface area (Å²) in [6.07, 6.45) is 4.59. The molecule has 0 aliphatic heterocycles. The summed E-state index contributed by atoms with van der Waals surface area (Å²) in [5.74, 6) is 1.61. The molecule has 2 heteroatoms. The maximum Gasteiger partial charge on any atom is 0.107 e. The van der Waals surface area contributed by atoms with Crippen molar-refractivity contribution in [2.24, 2.45) is 22.2 Å². The summed E-state index contributed by atoms with van der Waals surface area (Å²) in [6, 6.07) is 0. The highest BCUT2D eigenvalue weighted by Crippen LogP contribution is 2.46. The molecular weight excluding hydrogens is 258 g/mol. The molecule has 0 heterocycles. The van der Waals surface area contributed by atoms with Crippen LogP contribution in [0.4, 0.5) is 0 Å².